The number of rotatable bonds is 3. The zero-order valence-corrected chi connectivity index (χ0v) is 13.6. The van der Waals surface area contributed by atoms with Crippen LogP contribution in [-0.2, 0) is 6.54 Å². The first-order chi connectivity index (χ1) is 9.38. The van der Waals surface area contributed by atoms with Crippen molar-refractivity contribution in [1.29, 1.82) is 0 Å². The Balaban J connectivity index is 2.18. The van der Waals surface area contributed by atoms with E-state index in [1.807, 2.05) is 6.07 Å². The van der Waals surface area contributed by atoms with Gasteiger partial charge in [-0.25, -0.2) is 0 Å². The monoisotopic (exact) mass is 348 g/mol. The summed E-state index contributed by atoms with van der Waals surface area (Å²) in [7, 11) is 1.70. The molecule has 0 saturated heterocycles. The van der Waals surface area contributed by atoms with Crippen molar-refractivity contribution in [3.63, 3.8) is 0 Å². The normalized spacial score (nSPS) is 10.6. The highest BCUT2D eigenvalue weighted by molar-refractivity contribution is 7.16. The van der Waals surface area contributed by atoms with E-state index < -0.39 is 0 Å². The number of halogens is 3. The fourth-order valence-corrected chi connectivity index (χ4v) is 3.30. The topological polar surface area (TPSA) is 46.3 Å². The standard InChI is InChI=1S/C13H11Cl3N2OS/c1-18(6-8-2-3-11(16)20-8)13(19)7-4-9(14)12(17)10(15)5-7/h2-5H,6,17H2,1H3. The van der Waals surface area contributed by atoms with Gasteiger partial charge in [-0.3, -0.25) is 4.79 Å². The number of nitrogens with two attached hydrogens (primary N) is 1. The molecule has 2 aromatic rings. The highest BCUT2D eigenvalue weighted by Crippen LogP contribution is 2.29. The molecule has 0 unspecified atom stereocenters. The van der Waals surface area contributed by atoms with Crippen molar-refractivity contribution >= 4 is 57.7 Å². The van der Waals surface area contributed by atoms with E-state index in [2.05, 4.69) is 0 Å². The molecule has 0 atom stereocenters. The number of hydrogen-bond donors (Lipinski definition) is 1. The summed E-state index contributed by atoms with van der Waals surface area (Å²) >= 11 is 19.2. The average Bonchev–Trinajstić information content (AvgIpc) is 2.79. The third-order valence-electron chi connectivity index (χ3n) is 2.69. The van der Waals surface area contributed by atoms with Crippen molar-refractivity contribution in [3.05, 3.63) is 49.1 Å². The second kappa shape index (κ2) is 6.22. The van der Waals surface area contributed by atoms with Gasteiger partial charge in [-0.05, 0) is 24.3 Å². The van der Waals surface area contributed by atoms with Gasteiger partial charge in [-0.1, -0.05) is 34.8 Å². The Morgan fingerprint density at radius 1 is 1.25 bits per heavy atom. The first kappa shape index (κ1) is 15.4. The van der Waals surface area contributed by atoms with Gasteiger partial charge >= 0.3 is 0 Å². The second-order valence-corrected chi connectivity index (χ2v) is 6.83. The predicted octanol–water partition coefficient (Wildman–Crippen LogP) is 4.56. The summed E-state index contributed by atoms with van der Waals surface area (Å²) in [6.45, 7) is 0.468. The van der Waals surface area contributed by atoms with E-state index >= 15 is 0 Å². The summed E-state index contributed by atoms with van der Waals surface area (Å²) in [6, 6.07) is 6.72. The highest BCUT2D eigenvalue weighted by atomic mass is 35.5. The van der Waals surface area contributed by atoms with E-state index in [1.165, 1.54) is 23.5 Å². The molecule has 1 aromatic carbocycles. The van der Waals surface area contributed by atoms with Gasteiger partial charge in [-0.15, -0.1) is 11.3 Å². The van der Waals surface area contributed by atoms with E-state index in [-0.39, 0.29) is 21.6 Å². The van der Waals surface area contributed by atoms with Gasteiger partial charge in [0, 0.05) is 17.5 Å². The molecular weight excluding hydrogens is 339 g/mol. The van der Waals surface area contributed by atoms with Gasteiger partial charge in [0.1, 0.15) is 0 Å². The molecule has 106 valence electrons. The van der Waals surface area contributed by atoms with Crippen molar-refractivity contribution in [2.45, 2.75) is 6.54 Å². The molecule has 1 aromatic heterocycles. The molecule has 0 spiro atoms. The lowest BCUT2D eigenvalue weighted by atomic mass is 10.2. The van der Waals surface area contributed by atoms with Gasteiger partial charge in [0.05, 0.1) is 26.6 Å². The average molecular weight is 350 g/mol. The molecule has 0 aliphatic heterocycles. The largest absolute Gasteiger partial charge is 0.396 e. The number of benzene rings is 1. The predicted molar refractivity (Wildman–Crippen MR) is 86.0 cm³/mol. The minimum Gasteiger partial charge on any atom is -0.396 e. The van der Waals surface area contributed by atoms with Crippen molar-refractivity contribution in [2.24, 2.45) is 0 Å². The van der Waals surface area contributed by atoms with Crippen LogP contribution in [0.3, 0.4) is 0 Å². The number of carbonyl (C=O) groups is 1. The molecule has 3 nitrogen and oxygen atoms in total. The van der Waals surface area contributed by atoms with Gasteiger partial charge < -0.3 is 10.6 Å². The zero-order valence-electron chi connectivity index (χ0n) is 10.5. The molecular formula is C13H11Cl3N2OS. The minimum atomic E-state index is -0.182. The number of nitrogen functional groups attached to an aromatic ring is 1. The van der Waals surface area contributed by atoms with Crippen LogP contribution >= 0.6 is 46.1 Å². The van der Waals surface area contributed by atoms with Gasteiger partial charge in [-0.2, -0.15) is 0 Å². The zero-order chi connectivity index (χ0) is 14.9. The Kier molecular flexibility index (Phi) is 4.81. The Hall–Kier alpha value is -0.940. The van der Waals surface area contributed by atoms with Crippen molar-refractivity contribution in [1.82, 2.24) is 4.90 Å². The summed E-state index contributed by atoms with van der Waals surface area (Å²) in [5.74, 6) is -0.182. The van der Waals surface area contributed by atoms with E-state index in [0.717, 1.165) is 4.88 Å². The number of hydrogen-bond acceptors (Lipinski definition) is 3. The Morgan fingerprint density at radius 2 is 1.85 bits per heavy atom. The maximum atomic E-state index is 12.3. The SMILES string of the molecule is CN(Cc1ccc(Cl)s1)C(=O)c1cc(Cl)c(N)c(Cl)c1. The van der Waals surface area contributed by atoms with Gasteiger partial charge in [0.25, 0.3) is 5.91 Å². The highest BCUT2D eigenvalue weighted by Gasteiger charge is 2.16. The van der Waals surface area contributed by atoms with Crippen molar-refractivity contribution in [2.75, 3.05) is 12.8 Å². The van der Waals surface area contributed by atoms with Crippen LogP contribution in [0.15, 0.2) is 24.3 Å². The number of nitrogens with zero attached hydrogens (tertiary/aromatic N) is 1. The Bertz CT molecular complexity index is 634. The summed E-state index contributed by atoms with van der Waals surface area (Å²) in [6.07, 6.45) is 0. The maximum Gasteiger partial charge on any atom is 0.254 e. The Morgan fingerprint density at radius 3 is 2.35 bits per heavy atom. The first-order valence-electron chi connectivity index (χ1n) is 5.62. The third-order valence-corrected chi connectivity index (χ3v) is 4.54. The van der Waals surface area contributed by atoms with E-state index in [1.54, 1.807) is 18.0 Å². The van der Waals surface area contributed by atoms with Crippen LogP contribution in [0.2, 0.25) is 14.4 Å². The van der Waals surface area contributed by atoms with Crippen LogP contribution in [0.1, 0.15) is 15.2 Å². The van der Waals surface area contributed by atoms with Crippen LogP contribution in [0, 0.1) is 0 Å². The minimum absolute atomic E-state index is 0.182. The second-order valence-electron chi connectivity index (χ2n) is 4.22. The van der Waals surface area contributed by atoms with Crippen LogP contribution in [0.5, 0.6) is 0 Å². The molecule has 0 radical (unpaired) electrons. The van der Waals surface area contributed by atoms with Gasteiger partial charge in [0.15, 0.2) is 0 Å². The van der Waals surface area contributed by atoms with Crippen LogP contribution in [0.25, 0.3) is 0 Å². The molecule has 7 heteroatoms. The molecule has 0 saturated carbocycles. The Labute approximate surface area is 135 Å². The van der Waals surface area contributed by atoms with Crippen molar-refractivity contribution < 1.29 is 4.79 Å². The quantitative estimate of drug-likeness (QED) is 0.825. The molecule has 0 aliphatic carbocycles. The lowest BCUT2D eigenvalue weighted by Gasteiger charge is -2.17. The van der Waals surface area contributed by atoms with Crippen LogP contribution < -0.4 is 5.73 Å². The number of carbonyl (C=O) groups excluding carboxylic acids is 1. The van der Waals surface area contributed by atoms with Crippen LogP contribution in [0.4, 0.5) is 5.69 Å². The fourth-order valence-electron chi connectivity index (χ4n) is 1.67. The summed E-state index contributed by atoms with van der Waals surface area (Å²) < 4.78 is 0.694. The number of anilines is 1. The van der Waals surface area contributed by atoms with Crippen molar-refractivity contribution in [3.8, 4) is 0 Å². The molecule has 0 aliphatic rings. The molecule has 20 heavy (non-hydrogen) atoms. The first-order valence-corrected chi connectivity index (χ1v) is 7.57. The molecule has 1 heterocycles. The lowest BCUT2D eigenvalue weighted by Crippen LogP contribution is -2.25. The number of thiophene rings is 1. The number of amides is 1. The third kappa shape index (κ3) is 3.38. The smallest absolute Gasteiger partial charge is 0.254 e. The maximum absolute atomic E-state index is 12.3. The summed E-state index contributed by atoms with van der Waals surface area (Å²) in [4.78, 5) is 14.9. The molecule has 0 fully saturated rings. The summed E-state index contributed by atoms with van der Waals surface area (Å²) in [5, 5.41) is 0.543. The molecule has 2 N–H and O–H groups in total. The summed E-state index contributed by atoms with van der Waals surface area (Å²) in [5.41, 5.74) is 6.33. The molecule has 2 rings (SSSR count). The van der Waals surface area contributed by atoms with Crippen LogP contribution in [-0.4, -0.2) is 17.9 Å². The lowest BCUT2D eigenvalue weighted by molar-refractivity contribution is 0.0786. The van der Waals surface area contributed by atoms with E-state index in [4.69, 9.17) is 40.5 Å². The molecule has 0 bridgehead atoms. The fraction of sp³-hybridized carbons (Fsp3) is 0.154. The molecule has 1 amide bonds. The van der Waals surface area contributed by atoms with E-state index in [0.29, 0.717) is 16.4 Å². The van der Waals surface area contributed by atoms with Gasteiger partial charge in [0.2, 0.25) is 0 Å². The van der Waals surface area contributed by atoms with E-state index in [9.17, 15) is 4.79 Å².